The highest BCUT2D eigenvalue weighted by molar-refractivity contribution is 7.14. The summed E-state index contributed by atoms with van der Waals surface area (Å²) in [4.78, 5) is 39.4. The number of carbonyl (C=O) groups excluding carboxylic acids is 2. The fourth-order valence-electron chi connectivity index (χ4n) is 1.91. The van der Waals surface area contributed by atoms with Gasteiger partial charge in [-0.1, -0.05) is 6.92 Å². The van der Waals surface area contributed by atoms with E-state index >= 15 is 0 Å². The number of hydrogen-bond donors (Lipinski definition) is 1. The molecule has 0 saturated carbocycles. The molecule has 9 heteroatoms. The van der Waals surface area contributed by atoms with E-state index in [1.54, 1.807) is 12.3 Å². The number of aryl methyl sites for hydroxylation is 1. The van der Waals surface area contributed by atoms with Crippen molar-refractivity contribution in [3.8, 4) is 0 Å². The summed E-state index contributed by atoms with van der Waals surface area (Å²) >= 11 is 1.20. The maximum absolute atomic E-state index is 12.2. The molecule has 0 bridgehead atoms. The minimum atomic E-state index is -0.461. The smallest absolute Gasteiger partial charge is 0.311 e. The number of anilines is 1. The van der Waals surface area contributed by atoms with E-state index in [4.69, 9.17) is 4.74 Å². The molecule has 0 aromatic carbocycles. The van der Waals surface area contributed by atoms with E-state index in [0.29, 0.717) is 24.0 Å². The van der Waals surface area contributed by atoms with E-state index in [1.165, 1.54) is 28.2 Å². The quantitative estimate of drug-likeness (QED) is 0.759. The van der Waals surface area contributed by atoms with Gasteiger partial charge in [-0.2, -0.15) is 5.10 Å². The topological polar surface area (TPSA) is 103 Å². The maximum Gasteiger partial charge on any atom is 0.311 e. The van der Waals surface area contributed by atoms with Gasteiger partial charge in [0.15, 0.2) is 5.13 Å². The molecule has 0 radical (unpaired) electrons. The molecular weight excluding hydrogens is 332 g/mol. The number of ether oxygens (including phenoxy) is 1. The number of hydrogen-bond acceptors (Lipinski definition) is 7. The van der Waals surface area contributed by atoms with Crippen LogP contribution in [0.1, 0.15) is 36.5 Å². The summed E-state index contributed by atoms with van der Waals surface area (Å²) < 4.78 is 6.10. The molecule has 0 fully saturated rings. The van der Waals surface area contributed by atoms with Gasteiger partial charge >= 0.3 is 5.97 Å². The van der Waals surface area contributed by atoms with Crippen molar-refractivity contribution in [2.75, 3.05) is 11.9 Å². The summed E-state index contributed by atoms with van der Waals surface area (Å²) in [5.74, 6) is -0.828. The Hall–Kier alpha value is -2.55. The second kappa shape index (κ2) is 8.34. The lowest BCUT2D eigenvalue weighted by Gasteiger charge is -2.05. The van der Waals surface area contributed by atoms with E-state index in [9.17, 15) is 14.4 Å². The van der Waals surface area contributed by atoms with Crippen molar-refractivity contribution in [3.05, 3.63) is 39.3 Å². The first kappa shape index (κ1) is 17.8. The Morgan fingerprint density at radius 1 is 1.33 bits per heavy atom. The van der Waals surface area contributed by atoms with E-state index < -0.39 is 5.91 Å². The van der Waals surface area contributed by atoms with Gasteiger partial charge in [-0.15, -0.1) is 11.3 Å². The first-order chi connectivity index (χ1) is 11.5. The first-order valence-corrected chi connectivity index (χ1v) is 8.41. The van der Waals surface area contributed by atoms with Crippen LogP contribution >= 0.6 is 11.3 Å². The molecule has 2 aromatic heterocycles. The Morgan fingerprint density at radius 3 is 2.83 bits per heavy atom. The highest BCUT2D eigenvalue weighted by Gasteiger charge is 2.13. The van der Waals surface area contributed by atoms with E-state index in [-0.39, 0.29) is 23.6 Å². The Balaban J connectivity index is 2.05. The number of amides is 1. The van der Waals surface area contributed by atoms with Crippen molar-refractivity contribution in [1.82, 2.24) is 14.8 Å². The van der Waals surface area contributed by atoms with E-state index in [2.05, 4.69) is 15.4 Å². The summed E-state index contributed by atoms with van der Waals surface area (Å²) in [6, 6.07) is 2.68. The van der Waals surface area contributed by atoms with Crippen molar-refractivity contribution in [2.24, 2.45) is 0 Å². The first-order valence-electron chi connectivity index (χ1n) is 7.53. The van der Waals surface area contributed by atoms with Crippen LogP contribution in [-0.2, 0) is 22.5 Å². The Morgan fingerprint density at radius 2 is 2.12 bits per heavy atom. The number of carbonyl (C=O) groups is 2. The number of aromatic nitrogens is 3. The number of nitrogens with one attached hydrogen (secondary N) is 1. The molecule has 24 heavy (non-hydrogen) atoms. The zero-order chi connectivity index (χ0) is 17.5. The number of thiazole rings is 1. The number of esters is 1. The predicted molar refractivity (Wildman–Crippen MR) is 89.2 cm³/mol. The van der Waals surface area contributed by atoms with Gasteiger partial charge in [-0.05, 0) is 19.4 Å². The van der Waals surface area contributed by atoms with E-state index in [1.807, 2.05) is 6.92 Å². The lowest BCUT2D eigenvalue weighted by atomic mass is 10.3. The standard InChI is InChI=1S/C15H18N4O4S/c1-3-7-19-12(20)6-5-11(18-19)14(22)17-15-16-10(9-24-15)8-13(21)23-4-2/h5-6,9H,3-4,7-8H2,1-2H3,(H,16,17,22). The summed E-state index contributed by atoms with van der Waals surface area (Å²) in [5, 5.41) is 8.68. The molecule has 0 saturated heterocycles. The molecule has 0 atom stereocenters. The molecular formula is C15H18N4O4S. The Kier molecular flexibility index (Phi) is 6.19. The Labute approximate surface area is 142 Å². The highest BCUT2D eigenvalue weighted by atomic mass is 32.1. The van der Waals surface area contributed by atoms with Crippen LogP contribution in [0.5, 0.6) is 0 Å². The van der Waals surface area contributed by atoms with Crippen molar-refractivity contribution < 1.29 is 14.3 Å². The summed E-state index contributed by atoms with van der Waals surface area (Å²) in [6.45, 7) is 4.41. The summed E-state index contributed by atoms with van der Waals surface area (Å²) in [6.07, 6.45) is 0.793. The zero-order valence-corrected chi connectivity index (χ0v) is 14.3. The van der Waals surface area contributed by atoms with Crippen molar-refractivity contribution >= 4 is 28.3 Å². The van der Waals surface area contributed by atoms with Gasteiger partial charge in [0.25, 0.3) is 11.5 Å². The summed E-state index contributed by atoms with van der Waals surface area (Å²) in [7, 11) is 0. The number of rotatable bonds is 7. The van der Waals surface area contributed by atoms with Crippen LogP contribution in [0.3, 0.4) is 0 Å². The largest absolute Gasteiger partial charge is 0.466 e. The molecule has 0 unspecified atom stereocenters. The molecule has 1 N–H and O–H groups in total. The minimum absolute atomic E-state index is 0.0554. The van der Waals surface area contributed by atoms with Crippen LogP contribution in [0.2, 0.25) is 0 Å². The van der Waals surface area contributed by atoms with Crippen LogP contribution in [0.15, 0.2) is 22.3 Å². The SMILES string of the molecule is CCCn1nc(C(=O)Nc2nc(CC(=O)OCC)cs2)ccc1=O. The van der Waals surface area contributed by atoms with Gasteiger partial charge in [-0.25, -0.2) is 9.67 Å². The molecule has 8 nitrogen and oxygen atoms in total. The normalized spacial score (nSPS) is 10.4. The van der Waals surface area contributed by atoms with Gasteiger partial charge in [0.2, 0.25) is 0 Å². The van der Waals surface area contributed by atoms with Crippen molar-refractivity contribution in [1.29, 1.82) is 0 Å². The average Bonchev–Trinajstić information content (AvgIpc) is 2.96. The molecule has 128 valence electrons. The highest BCUT2D eigenvalue weighted by Crippen LogP contribution is 2.16. The van der Waals surface area contributed by atoms with E-state index in [0.717, 1.165) is 6.42 Å². The minimum Gasteiger partial charge on any atom is -0.466 e. The second-order valence-corrected chi connectivity index (χ2v) is 5.72. The van der Waals surface area contributed by atoms with Crippen molar-refractivity contribution in [3.63, 3.8) is 0 Å². The zero-order valence-electron chi connectivity index (χ0n) is 13.4. The number of nitrogens with zero attached hydrogens (tertiary/aromatic N) is 3. The lowest BCUT2D eigenvalue weighted by molar-refractivity contribution is -0.142. The molecule has 0 aliphatic carbocycles. The van der Waals surface area contributed by atoms with Gasteiger partial charge in [-0.3, -0.25) is 19.7 Å². The molecule has 0 spiro atoms. The van der Waals surface area contributed by atoms with Gasteiger partial charge < -0.3 is 4.74 Å². The molecule has 2 heterocycles. The van der Waals surface area contributed by atoms with Crippen LogP contribution in [-0.4, -0.2) is 33.2 Å². The molecule has 1 amide bonds. The van der Waals surface area contributed by atoms with Crippen LogP contribution < -0.4 is 10.9 Å². The van der Waals surface area contributed by atoms with Gasteiger partial charge in [0.05, 0.1) is 18.7 Å². The third kappa shape index (κ3) is 4.72. The third-order valence-electron chi connectivity index (χ3n) is 2.94. The van der Waals surface area contributed by atoms with Gasteiger partial charge in [0, 0.05) is 18.0 Å². The monoisotopic (exact) mass is 350 g/mol. The van der Waals surface area contributed by atoms with Crippen LogP contribution in [0.4, 0.5) is 5.13 Å². The summed E-state index contributed by atoms with van der Waals surface area (Å²) in [5.41, 5.74) is 0.405. The lowest BCUT2D eigenvalue weighted by Crippen LogP contribution is -2.26. The molecule has 0 aliphatic rings. The predicted octanol–water partition coefficient (Wildman–Crippen LogP) is 1.47. The molecule has 0 aliphatic heterocycles. The van der Waals surface area contributed by atoms with Gasteiger partial charge in [0.1, 0.15) is 5.69 Å². The molecule has 2 rings (SSSR count). The Bertz CT molecular complexity index is 784. The van der Waals surface area contributed by atoms with Crippen LogP contribution in [0, 0.1) is 0 Å². The molecule has 2 aromatic rings. The third-order valence-corrected chi connectivity index (χ3v) is 3.74. The average molecular weight is 350 g/mol. The van der Waals surface area contributed by atoms with Crippen LogP contribution in [0.25, 0.3) is 0 Å². The fourth-order valence-corrected chi connectivity index (χ4v) is 2.61. The van der Waals surface area contributed by atoms with Crippen molar-refractivity contribution in [2.45, 2.75) is 33.2 Å². The maximum atomic E-state index is 12.2. The second-order valence-electron chi connectivity index (χ2n) is 4.86. The fraction of sp³-hybridized carbons (Fsp3) is 0.400.